The van der Waals surface area contributed by atoms with Crippen LogP contribution in [0.3, 0.4) is 0 Å². The first-order valence-corrected chi connectivity index (χ1v) is 8.62. The molecule has 1 amide bonds. The van der Waals surface area contributed by atoms with Crippen LogP contribution < -0.4 is 5.32 Å². The molecule has 0 aliphatic rings. The number of carbonyl (C=O) groups excluding carboxylic acids is 1. The average Bonchev–Trinajstić information content (AvgIpc) is 2.47. The summed E-state index contributed by atoms with van der Waals surface area (Å²) in [6, 6.07) is 11.6. The lowest BCUT2D eigenvalue weighted by Gasteiger charge is -2.08. The number of nitrogens with one attached hydrogen (secondary N) is 1. The van der Waals surface area contributed by atoms with E-state index in [-0.39, 0.29) is 11.7 Å². The number of hydrogen-bond donors (Lipinski definition) is 1. The molecule has 2 rings (SSSR count). The normalized spacial score (nSPS) is 10.1. The van der Waals surface area contributed by atoms with Crippen LogP contribution in [0.5, 0.6) is 0 Å². The fourth-order valence-corrected chi connectivity index (χ4v) is 3.17. The van der Waals surface area contributed by atoms with Gasteiger partial charge in [0, 0.05) is 15.0 Å². The zero-order chi connectivity index (χ0) is 16.1. The van der Waals surface area contributed by atoms with Gasteiger partial charge in [-0.1, -0.05) is 11.8 Å². The van der Waals surface area contributed by atoms with Gasteiger partial charge in [0.15, 0.2) is 0 Å². The lowest BCUT2D eigenvalue weighted by atomic mass is 10.1. The Labute approximate surface area is 147 Å². The predicted octanol–water partition coefficient (Wildman–Crippen LogP) is 3.91. The summed E-state index contributed by atoms with van der Waals surface area (Å²) in [6.07, 6.45) is 0. The van der Waals surface area contributed by atoms with Crippen LogP contribution in [-0.2, 0) is 4.79 Å². The highest BCUT2D eigenvalue weighted by molar-refractivity contribution is 14.1. The Bertz CT molecular complexity index is 738. The Balaban J connectivity index is 2.02. The monoisotopic (exact) mass is 423 g/mol. The molecule has 0 saturated heterocycles. The molecule has 0 bridgehead atoms. The first-order chi connectivity index (χ1) is 10.5. The van der Waals surface area contributed by atoms with Crippen LogP contribution in [0.4, 0.5) is 5.69 Å². The largest absolute Gasteiger partial charge is 0.325 e. The third-order valence-corrected chi connectivity index (χ3v) is 4.59. The molecule has 1 heterocycles. The molecule has 1 aromatic carbocycles. The van der Waals surface area contributed by atoms with Gasteiger partial charge < -0.3 is 5.32 Å². The van der Waals surface area contributed by atoms with Crippen molar-refractivity contribution in [1.82, 2.24) is 4.98 Å². The molecule has 0 spiro atoms. The summed E-state index contributed by atoms with van der Waals surface area (Å²) in [5.41, 5.74) is 3.03. The zero-order valence-electron chi connectivity index (χ0n) is 12.2. The Hall–Kier alpha value is -1.59. The minimum atomic E-state index is -0.115. The van der Waals surface area contributed by atoms with Crippen LogP contribution in [-0.4, -0.2) is 16.6 Å². The van der Waals surface area contributed by atoms with Crippen molar-refractivity contribution in [2.45, 2.75) is 18.9 Å². The number of nitrogens with zero attached hydrogens (tertiary/aromatic N) is 2. The van der Waals surface area contributed by atoms with E-state index in [0.29, 0.717) is 10.6 Å². The number of anilines is 1. The summed E-state index contributed by atoms with van der Waals surface area (Å²) in [6.45, 7) is 3.76. The van der Waals surface area contributed by atoms with Crippen LogP contribution in [0.15, 0.2) is 35.4 Å². The van der Waals surface area contributed by atoms with Crippen LogP contribution in [0.25, 0.3) is 0 Å². The summed E-state index contributed by atoms with van der Waals surface area (Å²) in [4.78, 5) is 16.4. The standard InChI is InChI=1S/C16H14IN3OS/c1-10-7-11(2)19-16(14(10)8-18)22-9-15(21)20-13-5-3-12(17)4-6-13/h3-7H,9H2,1-2H3,(H,20,21). The molecule has 0 atom stereocenters. The summed E-state index contributed by atoms with van der Waals surface area (Å²) < 4.78 is 1.11. The third kappa shape index (κ3) is 4.45. The SMILES string of the molecule is Cc1cc(C)c(C#N)c(SCC(=O)Nc2ccc(I)cc2)n1. The van der Waals surface area contributed by atoms with E-state index in [4.69, 9.17) is 0 Å². The van der Waals surface area contributed by atoms with Crippen molar-refractivity contribution in [1.29, 1.82) is 5.26 Å². The lowest BCUT2D eigenvalue weighted by Crippen LogP contribution is -2.14. The fourth-order valence-electron chi connectivity index (χ4n) is 1.91. The summed E-state index contributed by atoms with van der Waals surface area (Å²) in [7, 11) is 0. The Morgan fingerprint density at radius 3 is 2.68 bits per heavy atom. The summed E-state index contributed by atoms with van der Waals surface area (Å²) >= 11 is 3.50. The van der Waals surface area contributed by atoms with Crippen molar-refractivity contribution in [2.75, 3.05) is 11.1 Å². The van der Waals surface area contributed by atoms with E-state index < -0.39 is 0 Å². The van der Waals surface area contributed by atoms with Crippen molar-refractivity contribution in [2.24, 2.45) is 0 Å². The van der Waals surface area contributed by atoms with Crippen molar-refractivity contribution < 1.29 is 4.79 Å². The topological polar surface area (TPSA) is 65.8 Å². The molecule has 4 nitrogen and oxygen atoms in total. The van der Waals surface area contributed by atoms with Gasteiger partial charge in [-0.2, -0.15) is 5.26 Å². The third-order valence-electron chi connectivity index (χ3n) is 2.89. The molecule has 112 valence electrons. The number of pyridine rings is 1. The van der Waals surface area contributed by atoms with Gasteiger partial charge in [0.2, 0.25) is 5.91 Å². The number of rotatable bonds is 4. The smallest absolute Gasteiger partial charge is 0.234 e. The van der Waals surface area contributed by atoms with E-state index >= 15 is 0 Å². The maximum Gasteiger partial charge on any atom is 0.234 e. The number of aromatic nitrogens is 1. The number of benzene rings is 1. The second-order valence-electron chi connectivity index (χ2n) is 4.72. The molecule has 22 heavy (non-hydrogen) atoms. The van der Waals surface area contributed by atoms with Gasteiger partial charge >= 0.3 is 0 Å². The molecule has 0 unspecified atom stereocenters. The highest BCUT2D eigenvalue weighted by Gasteiger charge is 2.11. The van der Waals surface area contributed by atoms with E-state index in [1.807, 2.05) is 44.2 Å². The molecular formula is C16H14IN3OS. The highest BCUT2D eigenvalue weighted by Crippen LogP contribution is 2.23. The first-order valence-electron chi connectivity index (χ1n) is 6.56. The Kier molecular flexibility index (Phi) is 5.80. The van der Waals surface area contributed by atoms with Crippen LogP contribution >= 0.6 is 34.4 Å². The Morgan fingerprint density at radius 1 is 1.36 bits per heavy atom. The summed E-state index contributed by atoms with van der Waals surface area (Å²) in [5.74, 6) is 0.104. The van der Waals surface area contributed by atoms with Gasteiger partial charge in [0.25, 0.3) is 0 Å². The van der Waals surface area contributed by atoms with E-state index in [0.717, 1.165) is 20.5 Å². The molecule has 1 aromatic heterocycles. The van der Waals surface area contributed by atoms with Crippen molar-refractivity contribution in [3.8, 4) is 6.07 Å². The fraction of sp³-hybridized carbons (Fsp3) is 0.188. The second kappa shape index (κ2) is 7.61. The molecule has 0 aliphatic carbocycles. The zero-order valence-corrected chi connectivity index (χ0v) is 15.2. The van der Waals surface area contributed by atoms with Gasteiger partial charge in [0.1, 0.15) is 11.1 Å². The van der Waals surface area contributed by atoms with Crippen molar-refractivity contribution >= 4 is 45.9 Å². The minimum absolute atomic E-state index is 0.115. The highest BCUT2D eigenvalue weighted by atomic mass is 127. The number of aryl methyl sites for hydroxylation is 2. The average molecular weight is 423 g/mol. The first kappa shape index (κ1) is 16.8. The van der Waals surface area contributed by atoms with Crippen LogP contribution in [0.1, 0.15) is 16.8 Å². The molecule has 0 fully saturated rings. The van der Waals surface area contributed by atoms with E-state index in [2.05, 4.69) is 39.0 Å². The maximum absolute atomic E-state index is 12.0. The number of amides is 1. The van der Waals surface area contributed by atoms with Gasteiger partial charge in [-0.15, -0.1) is 0 Å². The summed E-state index contributed by atoms with van der Waals surface area (Å²) in [5, 5.41) is 12.7. The van der Waals surface area contributed by atoms with E-state index in [1.54, 1.807) is 0 Å². The van der Waals surface area contributed by atoms with Gasteiger partial charge in [-0.05, 0) is 72.3 Å². The van der Waals surface area contributed by atoms with Crippen molar-refractivity contribution in [3.63, 3.8) is 0 Å². The molecule has 1 N–H and O–H groups in total. The van der Waals surface area contributed by atoms with Gasteiger partial charge in [0.05, 0.1) is 11.3 Å². The molecule has 0 aliphatic heterocycles. The number of carbonyl (C=O) groups is 1. The van der Waals surface area contributed by atoms with Crippen molar-refractivity contribution in [3.05, 3.63) is 50.7 Å². The number of hydrogen-bond acceptors (Lipinski definition) is 4. The second-order valence-corrected chi connectivity index (χ2v) is 6.93. The molecule has 2 aromatic rings. The Morgan fingerprint density at radius 2 is 2.05 bits per heavy atom. The minimum Gasteiger partial charge on any atom is -0.325 e. The molecular weight excluding hydrogens is 409 g/mol. The van der Waals surface area contributed by atoms with Gasteiger partial charge in [-0.3, -0.25) is 4.79 Å². The predicted molar refractivity (Wildman–Crippen MR) is 96.9 cm³/mol. The molecule has 0 radical (unpaired) electrons. The molecule has 0 saturated carbocycles. The van der Waals surface area contributed by atoms with E-state index in [1.165, 1.54) is 11.8 Å². The maximum atomic E-state index is 12.0. The van der Waals surface area contributed by atoms with Crippen LogP contribution in [0, 0.1) is 28.7 Å². The van der Waals surface area contributed by atoms with Gasteiger partial charge in [-0.25, -0.2) is 4.98 Å². The number of halogens is 1. The number of nitriles is 1. The van der Waals surface area contributed by atoms with E-state index in [9.17, 15) is 10.1 Å². The number of thioether (sulfide) groups is 1. The molecule has 6 heteroatoms. The quantitative estimate of drug-likeness (QED) is 0.599. The van der Waals surface area contributed by atoms with Crippen LogP contribution in [0.2, 0.25) is 0 Å². The lowest BCUT2D eigenvalue weighted by molar-refractivity contribution is -0.113.